The lowest BCUT2D eigenvalue weighted by Gasteiger charge is -2.08. The third-order valence-electron chi connectivity index (χ3n) is 5.42. The van der Waals surface area contributed by atoms with Crippen LogP contribution in [0.4, 0.5) is 0 Å². The average Bonchev–Trinajstić information content (AvgIpc) is 2.69. The molecule has 0 aromatic heterocycles. The number of hydrogen-bond acceptors (Lipinski definition) is 7. The van der Waals surface area contributed by atoms with Crippen LogP contribution in [0.1, 0.15) is 116 Å². The van der Waals surface area contributed by atoms with Crippen molar-refractivity contribution in [2.24, 2.45) is 0 Å². The highest BCUT2D eigenvalue weighted by Gasteiger charge is 2.69. The van der Waals surface area contributed by atoms with Crippen molar-refractivity contribution in [1.29, 1.82) is 0 Å². The highest BCUT2D eigenvalue weighted by molar-refractivity contribution is 5.50. The van der Waals surface area contributed by atoms with Crippen LogP contribution in [0.15, 0.2) is 0 Å². The number of nitro groups is 3. The topological polar surface area (TPSA) is 146 Å². The number of hydrogen-bond donors (Lipinski definition) is 0. The zero-order valence-electron chi connectivity index (χ0n) is 17.9. The van der Waals surface area contributed by atoms with Crippen LogP contribution in [0.25, 0.3) is 0 Å². The molecule has 0 aliphatic heterocycles. The predicted octanol–water partition coefficient (Wildman–Crippen LogP) is 5.60. The van der Waals surface area contributed by atoms with Gasteiger partial charge < -0.3 is 0 Å². The molecule has 0 aliphatic carbocycles. The van der Waals surface area contributed by atoms with Crippen molar-refractivity contribution in [2.75, 3.05) is 0 Å². The number of nitrogens with zero attached hydrogens (tertiary/aromatic N) is 3. The molecule has 10 heteroatoms. The van der Waals surface area contributed by atoms with E-state index in [4.69, 9.17) is 0 Å². The molecule has 30 heavy (non-hydrogen) atoms. The zero-order chi connectivity index (χ0) is 22.7. The SMILES string of the molecule is O=[C]CCCCCCCCCCCCCCCCCCC([N+](=O)[O-])([N+](=O)[O-])[N+](=O)[O-]. The first-order chi connectivity index (χ1) is 14.4. The second-order valence-corrected chi connectivity index (χ2v) is 7.85. The van der Waals surface area contributed by atoms with Crippen LogP contribution >= 0.6 is 0 Å². The van der Waals surface area contributed by atoms with Gasteiger partial charge in [-0.05, 0) is 12.8 Å². The van der Waals surface area contributed by atoms with Crippen LogP contribution in [0.3, 0.4) is 0 Å². The van der Waals surface area contributed by atoms with Crippen LogP contribution in [0.2, 0.25) is 0 Å². The Balaban J connectivity index is 3.52. The van der Waals surface area contributed by atoms with Gasteiger partial charge in [0.25, 0.3) is 0 Å². The van der Waals surface area contributed by atoms with Gasteiger partial charge in [-0.2, -0.15) is 0 Å². The molecule has 173 valence electrons. The van der Waals surface area contributed by atoms with Gasteiger partial charge in [-0.15, -0.1) is 0 Å². The Morgan fingerprint density at radius 2 is 0.767 bits per heavy atom. The summed E-state index contributed by atoms with van der Waals surface area (Å²) in [4.78, 5) is 38.4. The van der Waals surface area contributed by atoms with Crippen molar-refractivity contribution in [1.82, 2.24) is 0 Å². The predicted molar refractivity (Wildman–Crippen MR) is 113 cm³/mol. The van der Waals surface area contributed by atoms with E-state index in [0.717, 1.165) is 38.5 Å². The van der Waals surface area contributed by atoms with Crippen molar-refractivity contribution in [3.05, 3.63) is 30.3 Å². The summed E-state index contributed by atoms with van der Waals surface area (Å²) in [5.41, 5.74) is 0. The molecule has 0 aromatic rings. The normalized spacial score (nSPS) is 11.3. The zero-order valence-corrected chi connectivity index (χ0v) is 17.9. The van der Waals surface area contributed by atoms with Gasteiger partial charge >= 0.3 is 5.79 Å². The van der Waals surface area contributed by atoms with Crippen LogP contribution in [-0.4, -0.2) is 26.8 Å². The van der Waals surface area contributed by atoms with Gasteiger partial charge in [0.05, 0.1) is 0 Å². The minimum Gasteiger partial charge on any atom is -0.291 e. The first kappa shape index (κ1) is 27.9. The molecule has 0 saturated carbocycles. The van der Waals surface area contributed by atoms with Gasteiger partial charge in [-0.3, -0.25) is 35.1 Å². The van der Waals surface area contributed by atoms with Crippen LogP contribution in [0, 0.1) is 30.3 Å². The maximum absolute atomic E-state index is 10.8. The quantitative estimate of drug-likeness (QED) is 0.0939. The highest BCUT2D eigenvalue weighted by Crippen LogP contribution is 2.22. The molecule has 1 radical (unpaired) electrons. The molecule has 0 N–H and O–H groups in total. The van der Waals surface area contributed by atoms with Gasteiger partial charge in [0.15, 0.2) is 27.5 Å². The molecule has 0 spiro atoms. The summed E-state index contributed by atoms with van der Waals surface area (Å²) in [6.07, 6.45) is 18.2. The Hall–Kier alpha value is -2.13. The fourth-order valence-electron chi connectivity index (χ4n) is 3.51. The molecule has 0 saturated heterocycles. The van der Waals surface area contributed by atoms with Crippen LogP contribution in [-0.2, 0) is 4.79 Å². The van der Waals surface area contributed by atoms with Crippen molar-refractivity contribution in [3.8, 4) is 0 Å². The van der Waals surface area contributed by atoms with E-state index in [-0.39, 0.29) is 6.42 Å². The Kier molecular flexibility index (Phi) is 16.4. The van der Waals surface area contributed by atoms with Gasteiger partial charge in [-0.1, -0.05) is 89.9 Å². The lowest BCUT2D eigenvalue weighted by Crippen LogP contribution is -2.53. The fourth-order valence-corrected chi connectivity index (χ4v) is 3.51. The molecule has 0 aliphatic rings. The van der Waals surface area contributed by atoms with E-state index in [1.807, 2.05) is 6.29 Å². The minimum atomic E-state index is -3.31. The maximum atomic E-state index is 10.8. The summed E-state index contributed by atoms with van der Waals surface area (Å²) < 4.78 is 0. The molecule has 0 aromatic carbocycles. The van der Waals surface area contributed by atoms with Crippen LogP contribution < -0.4 is 0 Å². The fraction of sp³-hybridized carbons (Fsp3) is 0.950. The number of rotatable bonds is 22. The third-order valence-corrected chi connectivity index (χ3v) is 5.42. The average molecular weight is 431 g/mol. The summed E-state index contributed by atoms with van der Waals surface area (Å²) in [6, 6.07) is 0. The van der Waals surface area contributed by atoms with E-state index in [1.165, 1.54) is 51.4 Å². The van der Waals surface area contributed by atoms with E-state index >= 15 is 0 Å². The first-order valence-corrected chi connectivity index (χ1v) is 11.2. The Morgan fingerprint density at radius 1 is 0.500 bits per heavy atom. The van der Waals surface area contributed by atoms with Crippen molar-refractivity contribution < 1.29 is 19.6 Å². The highest BCUT2D eigenvalue weighted by atomic mass is 16.7. The molecule has 0 fully saturated rings. The molecule has 0 unspecified atom stereocenters. The number of carbonyl (C=O) groups excluding carboxylic acids is 1. The van der Waals surface area contributed by atoms with Crippen LogP contribution in [0.5, 0.6) is 0 Å². The smallest absolute Gasteiger partial charge is 0.291 e. The second-order valence-electron chi connectivity index (χ2n) is 7.85. The second kappa shape index (κ2) is 17.7. The Morgan fingerprint density at radius 3 is 1.03 bits per heavy atom. The van der Waals surface area contributed by atoms with E-state index < -0.39 is 27.0 Å². The van der Waals surface area contributed by atoms with Gasteiger partial charge in [0.1, 0.15) is 0 Å². The van der Waals surface area contributed by atoms with E-state index in [1.54, 1.807) is 0 Å². The molecule has 0 atom stereocenters. The molecule has 0 rings (SSSR count). The molecule has 10 nitrogen and oxygen atoms in total. The summed E-state index contributed by atoms with van der Waals surface area (Å²) in [7, 11) is 0. The molecular formula is C20H36N3O7. The first-order valence-electron chi connectivity index (χ1n) is 11.2. The summed E-state index contributed by atoms with van der Waals surface area (Å²) >= 11 is 0. The van der Waals surface area contributed by atoms with E-state index in [9.17, 15) is 35.1 Å². The lowest BCUT2D eigenvalue weighted by atomic mass is 10.0. The van der Waals surface area contributed by atoms with E-state index in [0.29, 0.717) is 12.8 Å². The molecule has 0 amide bonds. The molecular weight excluding hydrogens is 394 g/mol. The lowest BCUT2D eigenvalue weighted by molar-refractivity contribution is -0.970. The van der Waals surface area contributed by atoms with Gasteiger partial charge in [0, 0.05) is 6.42 Å². The van der Waals surface area contributed by atoms with Crippen molar-refractivity contribution in [3.63, 3.8) is 0 Å². The van der Waals surface area contributed by atoms with Crippen molar-refractivity contribution in [2.45, 2.75) is 121 Å². The van der Waals surface area contributed by atoms with Gasteiger partial charge in [-0.25, -0.2) is 0 Å². The standard InChI is InChI=1S/C20H36N3O7/c24-19-17-15-13-11-9-7-5-3-1-2-4-6-8-10-12-14-16-18-20(21(25)26,22(27)28)23(29)30/h1-18H2. The minimum absolute atomic E-state index is 0.0957. The summed E-state index contributed by atoms with van der Waals surface area (Å²) in [6.45, 7) is 0. The largest absolute Gasteiger partial charge is 0.699 e. The Labute approximate surface area is 178 Å². The molecule has 0 heterocycles. The maximum Gasteiger partial charge on any atom is 0.699 e. The number of unbranched alkanes of at least 4 members (excludes halogenated alkanes) is 16. The monoisotopic (exact) mass is 430 g/mol. The van der Waals surface area contributed by atoms with Gasteiger partial charge in [0.2, 0.25) is 0 Å². The summed E-state index contributed by atoms with van der Waals surface area (Å²) in [5.74, 6) is -3.31. The third kappa shape index (κ3) is 11.8. The van der Waals surface area contributed by atoms with Crippen molar-refractivity contribution >= 4 is 6.29 Å². The Bertz CT molecular complexity index is 479. The molecule has 0 bridgehead atoms. The summed E-state index contributed by atoms with van der Waals surface area (Å²) in [5, 5.41) is 32.5. The van der Waals surface area contributed by atoms with E-state index in [2.05, 4.69) is 0 Å².